The first-order chi connectivity index (χ1) is 10.2. The van der Waals surface area contributed by atoms with E-state index in [1.165, 1.54) is 7.11 Å². The predicted octanol–water partition coefficient (Wildman–Crippen LogP) is 3.76. The average molecular weight is 277 g/mol. The molecule has 3 rings (SSSR count). The molecular weight excluding hydrogens is 266 g/mol. The molecule has 0 atom stereocenters. The summed E-state index contributed by atoms with van der Waals surface area (Å²) in [6, 6.07) is 16.4. The minimum atomic E-state index is -0.397. The van der Waals surface area contributed by atoms with E-state index in [0.29, 0.717) is 22.5 Å². The van der Waals surface area contributed by atoms with E-state index in [9.17, 15) is 10.1 Å². The van der Waals surface area contributed by atoms with Crippen molar-refractivity contribution < 1.29 is 13.9 Å². The van der Waals surface area contributed by atoms with Crippen molar-refractivity contribution in [1.29, 1.82) is 5.26 Å². The van der Waals surface area contributed by atoms with Gasteiger partial charge in [0, 0.05) is 10.9 Å². The standard InChI is InChI=1S/C17H11NO3/c1-20-17(19)12-8-6-11(7-9-12)16-14(10-18)13-4-2-3-5-15(13)21-16/h2-9H,1H3. The predicted molar refractivity (Wildman–Crippen MR) is 77.7 cm³/mol. The monoisotopic (exact) mass is 277 g/mol. The van der Waals surface area contributed by atoms with Crippen molar-refractivity contribution in [2.75, 3.05) is 7.11 Å². The van der Waals surface area contributed by atoms with E-state index in [1.54, 1.807) is 24.3 Å². The minimum Gasteiger partial charge on any atom is -0.465 e. The molecule has 4 heteroatoms. The van der Waals surface area contributed by atoms with Crippen molar-refractivity contribution >= 4 is 16.9 Å². The van der Waals surface area contributed by atoms with Gasteiger partial charge < -0.3 is 9.15 Å². The minimum absolute atomic E-state index is 0.397. The van der Waals surface area contributed by atoms with Crippen molar-refractivity contribution in [3.8, 4) is 17.4 Å². The molecule has 0 aliphatic rings. The number of benzene rings is 2. The highest BCUT2D eigenvalue weighted by atomic mass is 16.5. The number of ether oxygens (including phenoxy) is 1. The third-order valence-electron chi connectivity index (χ3n) is 3.28. The molecule has 0 unspecified atom stereocenters. The molecule has 0 radical (unpaired) electrons. The normalized spacial score (nSPS) is 10.3. The van der Waals surface area contributed by atoms with Crippen LogP contribution in [0, 0.1) is 11.3 Å². The molecule has 4 nitrogen and oxygen atoms in total. The lowest BCUT2D eigenvalue weighted by molar-refractivity contribution is 0.0601. The summed E-state index contributed by atoms with van der Waals surface area (Å²) < 4.78 is 10.4. The summed E-state index contributed by atoms with van der Waals surface area (Å²) in [6.07, 6.45) is 0. The van der Waals surface area contributed by atoms with Gasteiger partial charge in [-0.05, 0) is 24.3 Å². The summed E-state index contributed by atoms with van der Waals surface area (Å²) in [5, 5.41) is 10.1. The molecule has 0 aliphatic heterocycles. The topological polar surface area (TPSA) is 63.2 Å². The maximum atomic E-state index is 11.4. The largest absolute Gasteiger partial charge is 0.465 e. The Morgan fingerprint density at radius 1 is 1.14 bits per heavy atom. The maximum Gasteiger partial charge on any atom is 0.337 e. The van der Waals surface area contributed by atoms with E-state index >= 15 is 0 Å². The van der Waals surface area contributed by atoms with Crippen LogP contribution in [0.25, 0.3) is 22.3 Å². The molecule has 1 heterocycles. The average Bonchev–Trinajstić information content (AvgIpc) is 2.92. The number of esters is 1. The van der Waals surface area contributed by atoms with E-state index in [0.717, 1.165) is 10.9 Å². The van der Waals surface area contributed by atoms with Crippen LogP contribution >= 0.6 is 0 Å². The number of methoxy groups -OCH3 is 1. The first kappa shape index (κ1) is 12.9. The number of rotatable bonds is 2. The van der Waals surface area contributed by atoms with Gasteiger partial charge >= 0.3 is 5.97 Å². The molecule has 0 bridgehead atoms. The Kier molecular flexibility index (Phi) is 3.17. The van der Waals surface area contributed by atoms with Crippen LogP contribution in [0.4, 0.5) is 0 Å². The van der Waals surface area contributed by atoms with Crippen LogP contribution in [-0.2, 0) is 4.74 Å². The quantitative estimate of drug-likeness (QED) is 0.669. The third kappa shape index (κ3) is 2.15. The number of para-hydroxylation sites is 1. The summed E-state index contributed by atoms with van der Waals surface area (Å²) in [5.74, 6) is 0.113. The van der Waals surface area contributed by atoms with Gasteiger partial charge in [-0.1, -0.05) is 24.3 Å². The number of nitriles is 1. The van der Waals surface area contributed by atoms with Crippen LogP contribution in [-0.4, -0.2) is 13.1 Å². The summed E-state index contributed by atoms with van der Waals surface area (Å²) in [6.45, 7) is 0. The zero-order chi connectivity index (χ0) is 14.8. The molecular formula is C17H11NO3. The first-order valence-corrected chi connectivity index (χ1v) is 6.35. The number of carbonyl (C=O) groups excluding carboxylic acids is 1. The van der Waals surface area contributed by atoms with Gasteiger partial charge in [-0.3, -0.25) is 0 Å². The van der Waals surface area contributed by atoms with Crippen molar-refractivity contribution in [2.45, 2.75) is 0 Å². The van der Waals surface area contributed by atoms with Crippen LogP contribution in [0.15, 0.2) is 52.9 Å². The third-order valence-corrected chi connectivity index (χ3v) is 3.28. The van der Waals surface area contributed by atoms with Crippen LogP contribution < -0.4 is 0 Å². The second kappa shape index (κ2) is 5.14. The fourth-order valence-electron chi connectivity index (χ4n) is 2.24. The smallest absolute Gasteiger partial charge is 0.337 e. The van der Waals surface area contributed by atoms with Crippen LogP contribution in [0.2, 0.25) is 0 Å². The number of hydrogen-bond acceptors (Lipinski definition) is 4. The molecule has 0 N–H and O–H groups in total. The van der Waals surface area contributed by atoms with Gasteiger partial charge in [-0.15, -0.1) is 0 Å². The molecule has 0 fully saturated rings. The van der Waals surface area contributed by atoms with Crippen molar-refractivity contribution in [1.82, 2.24) is 0 Å². The second-order valence-electron chi connectivity index (χ2n) is 4.48. The summed E-state index contributed by atoms with van der Waals surface area (Å²) in [5.41, 5.74) is 2.36. The zero-order valence-corrected chi connectivity index (χ0v) is 11.3. The Bertz CT molecular complexity index is 854. The van der Waals surface area contributed by atoms with Gasteiger partial charge in [-0.2, -0.15) is 5.26 Å². The lowest BCUT2D eigenvalue weighted by Gasteiger charge is -2.01. The van der Waals surface area contributed by atoms with Gasteiger partial charge in [0.2, 0.25) is 0 Å². The Balaban J connectivity index is 2.12. The van der Waals surface area contributed by atoms with E-state index in [2.05, 4.69) is 10.8 Å². The van der Waals surface area contributed by atoms with Gasteiger partial charge in [0.15, 0.2) is 5.76 Å². The van der Waals surface area contributed by atoms with Gasteiger partial charge in [0.25, 0.3) is 0 Å². The van der Waals surface area contributed by atoms with Crippen molar-refractivity contribution in [3.05, 3.63) is 59.7 Å². The lowest BCUT2D eigenvalue weighted by atomic mass is 10.1. The molecule has 1 aromatic heterocycles. The number of furan rings is 1. The SMILES string of the molecule is COC(=O)c1ccc(-c2oc3ccccc3c2C#N)cc1. The molecule has 2 aromatic carbocycles. The Morgan fingerprint density at radius 3 is 2.52 bits per heavy atom. The first-order valence-electron chi connectivity index (χ1n) is 6.35. The van der Waals surface area contributed by atoms with Gasteiger partial charge in [-0.25, -0.2) is 4.79 Å². The fourth-order valence-corrected chi connectivity index (χ4v) is 2.24. The molecule has 0 aliphatic carbocycles. The molecule has 21 heavy (non-hydrogen) atoms. The Hall–Kier alpha value is -3.06. The highest BCUT2D eigenvalue weighted by Gasteiger charge is 2.15. The molecule has 0 saturated carbocycles. The Labute approximate surface area is 121 Å². The second-order valence-corrected chi connectivity index (χ2v) is 4.48. The lowest BCUT2D eigenvalue weighted by Crippen LogP contribution is -2.00. The van der Waals surface area contributed by atoms with Gasteiger partial charge in [0.1, 0.15) is 17.2 Å². The molecule has 0 saturated heterocycles. The summed E-state index contributed by atoms with van der Waals surface area (Å²) in [7, 11) is 1.34. The molecule has 102 valence electrons. The van der Waals surface area contributed by atoms with Crippen molar-refractivity contribution in [3.63, 3.8) is 0 Å². The molecule has 3 aromatic rings. The van der Waals surface area contributed by atoms with Crippen molar-refractivity contribution in [2.24, 2.45) is 0 Å². The molecule has 0 spiro atoms. The van der Waals surface area contributed by atoms with Crippen LogP contribution in [0.3, 0.4) is 0 Å². The number of fused-ring (bicyclic) bond motifs is 1. The maximum absolute atomic E-state index is 11.4. The number of hydrogen-bond donors (Lipinski definition) is 0. The van der Waals surface area contributed by atoms with Gasteiger partial charge in [0.05, 0.1) is 12.7 Å². The van der Waals surface area contributed by atoms with Crippen LogP contribution in [0.5, 0.6) is 0 Å². The van der Waals surface area contributed by atoms with Crippen LogP contribution in [0.1, 0.15) is 15.9 Å². The number of carbonyl (C=O) groups is 1. The zero-order valence-electron chi connectivity index (χ0n) is 11.3. The number of nitrogens with zero attached hydrogens (tertiary/aromatic N) is 1. The van der Waals surface area contributed by atoms with E-state index in [1.807, 2.05) is 24.3 Å². The van der Waals surface area contributed by atoms with E-state index in [4.69, 9.17) is 4.42 Å². The molecule has 0 amide bonds. The van der Waals surface area contributed by atoms with E-state index < -0.39 is 5.97 Å². The summed E-state index contributed by atoms with van der Waals surface area (Å²) >= 11 is 0. The fraction of sp³-hybridized carbons (Fsp3) is 0.0588. The van der Waals surface area contributed by atoms with E-state index in [-0.39, 0.29) is 0 Å². The highest BCUT2D eigenvalue weighted by molar-refractivity contribution is 5.92. The Morgan fingerprint density at radius 2 is 1.86 bits per heavy atom. The highest BCUT2D eigenvalue weighted by Crippen LogP contribution is 2.33. The summed E-state index contributed by atoms with van der Waals surface area (Å²) in [4.78, 5) is 11.4.